The van der Waals surface area contributed by atoms with Crippen LogP contribution in [-0.2, 0) is 0 Å². The number of rotatable bonds is 3. The van der Waals surface area contributed by atoms with Gasteiger partial charge in [0.1, 0.15) is 5.75 Å². The highest BCUT2D eigenvalue weighted by Crippen LogP contribution is 2.36. The zero-order valence-corrected chi connectivity index (χ0v) is 11.3. The molecule has 0 amide bonds. The van der Waals surface area contributed by atoms with Crippen LogP contribution in [0.25, 0.3) is 10.8 Å². The molecule has 0 spiro atoms. The number of ether oxygens (including phenoxy) is 1. The van der Waals surface area contributed by atoms with E-state index >= 15 is 0 Å². The molecular weight excluding hydrogens is 236 g/mol. The van der Waals surface area contributed by atoms with Gasteiger partial charge in [-0.05, 0) is 38.0 Å². The van der Waals surface area contributed by atoms with Crippen LogP contribution >= 0.6 is 0 Å². The van der Waals surface area contributed by atoms with Crippen molar-refractivity contribution >= 4 is 10.8 Å². The van der Waals surface area contributed by atoms with Crippen LogP contribution in [0.3, 0.4) is 0 Å². The second-order valence-electron chi connectivity index (χ2n) is 5.41. The Labute approximate surface area is 114 Å². The van der Waals surface area contributed by atoms with Crippen molar-refractivity contribution in [2.45, 2.75) is 44.8 Å². The van der Waals surface area contributed by atoms with Crippen LogP contribution in [0.2, 0.25) is 0 Å². The third kappa shape index (κ3) is 2.45. The van der Waals surface area contributed by atoms with E-state index in [1.165, 1.54) is 18.2 Å². The highest BCUT2D eigenvalue weighted by atomic mass is 16.5. The minimum absolute atomic E-state index is 0.309. The summed E-state index contributed by atoms with van der Waals surface area (Å²) in [4.78, 5) is 0. The molecule has 0 aliphatic heterocycles. The number of hydrogen-bond acceptors (Lipinski definition) is 2. The summed E-state index contributed by atoms with van der Waals surface area (Å²) in [7, 11) is 0. The van der Waals surface area contributed by atoms with Crippen molar-refractivity contribution in [3.8, 4) is 5.75 Å². The van der Waals surface area contributed by atoms with E-state index in [1.807, 2.05) is 18.2 Å². The lowest BCUT2D eigenvalue weighted by molar-refractivity contribution is 0.175. The second kappa shape index (κ2) is 5.22. The van der Waals surface area contributed by atoms with Crippen molar-refractivity contribution in [2.24, 2.45) is 0 Å². The highest BCUT2D eigenvalue weighted by molar-refractivity contribution is 5.89. The second-order valence-corrected chi connectivity index (χ2v) is 5.41. The van der Waals surface area contributed by atoms with Crippen molar-refractivity contribution < 1.29 is 9.84 Å². The number of hydrogen-bond donors (Lipinski definition) is 1. The molecule has 0 heterocycles. The fraction of sp³-hybridized carbons (Fsp3) is 0.412. The predicted molar refractivity (Wildman–Crippen MR) is 77.5 cm³/mol. The summed E-state index contributed by atoms with van der Waals surface area (Å²) < 4.78 is 6.22. The zero-order valence-electron chi connectivity index (χ0n) is 11.3. The summed E-state index contributed by atoms with van der Waals surface area (Å²) in [5.74, 6) is 0.875. The number of benzene rings is 2. The van der Waals surface area contributed by atoms with E-state index in [-0.39, 0.29) is 0 Å². The molecule has 0 radical (unpaired) electrons. The van der Waals surface area contributed by atoms with Gasteiger partial charge in [-0.3, -0.25) is 0 Å². The standard InChI is InChI=1S/C17H20O2/c1-12(18)15-11-10-13-6-2-5-9-16(13)17(15)19-14-7-3-4-8-14/h2,5-6,9-12,14,18H,3-4,7-8H2,1H3. The lowest BCUT2D eigenvalue weighted by atomic mass is 10.0. The van der Waals surface area contributed by atoms with Gasteiger partial charge < -0.3 is 9.84 Å². The smallest absolute Gasteiger partial charge is 0.133 e. The van der Waals surface area contributed by atoms with E-state index < -0.39 is 6.10 Å². The molecule has 1 aliphatic carbocycles. The fourth-order valence-electron chi connectivity index (χ4n) is 2.89. The maximum atomic E-state index is 9.96. The normalized spacial score (nSPS) is 17.8. The van der Waals surface area contributed by atoms with Gasteiger partial charge in [0.25, 0.3) is 0 Å². The molecule has 2 nitrogen and oxygen atoms in total. The molecule has 1 saturated carbocycles. The summed E-state index contributed by atoms with van der Waals surface area (Å²) in [6.45, 7) is 1.80. The quantitative estimate of drug-likeness (QED) is 0.891. The van der Waals surface area contributed by atoms with E-state index in [9.17, 15) is 5.11 Å². The molecule has 1 atom stereocenters. The molecule has 2 aromatic carbocycles. The van der Waals surface area contributed by atoms with Gasteiger partial charge in [0, 0.05) is 10.9 Å². The SMILES string of the molecule is CC(O)c1ccc2ccccc2c1OC1CCCC1. The fourth-order valence-corrected chi connectivity index (χ4v) is 2.89. The van der Waals surface area contributed by atoms with Gasteiger partial charge in [0.2, 0.25) is 0 Å². The van der Waals surface area contributed by atoms with Crippen molar-refractivity contribution in [3.63, 3.8) is 0 Å². The molecule has 0 saturated heterocycles. The molecule has 0 bridgehead atoms. The minimum atomic E-state index is -0.499. The van der Waals surface area contributed by atoms with E-state index in [0.29, 0.717) is 6.10 Å². The van der Waals surface area contributed by atoms with Gasteiger partial charge in [-0.15, -0.1) is 0 Å². The van der Waals surface area contributed by atoms with Crippen LogP contribution in [0.1, 0.15) is 44.3 Å². The van der Waals surface area contributed by atoms with Gasteiger partial charge in [-0.25, -0.2) is 0 Å². The van der Waals surface area contributed by atoms with E-state index in [0.717, 1.165) is 29.5 Å². The lowest BCUT2D eigenvalue weighted by Gasteiger charge is -2.20. The zero-order chi connectivity index (χ0) is 13.2. The highest BCUT2D eigenvalue weighted by Gasteiger charge is 2.20. The Bertz CT molecular complexity index is 568. The molecule has 0 aromatic heterocycles. The first kappa shape index (κ1) is 12.5. The average Bonchev–Trinajstić information content (AvgIpc) is 2.92. The van der Waals surface area contributed by atoms with E-state index in [1.54, 1.807) is 6.92 Å². The maximum Gasteiger partial charge on any atom is 0.133 e. The molecule has 100 valence electrons. The van der Waals surface area contributed by atoms with E-state index in [2.05, 4.69) is 18.2 Å². The number of aliphatic hydroxyl groups excluding tert-OH is 1. The molecule has 1 aliphatic rings. The summed E-state index contributed by atoms with van der Waals surface area (Å²) in [6.07, 6.45) is 4.56. The third-order valence-corrected chi connectivity index (χ3v) is 3.95. The van der Waals surface area contributed by atoms with Crippen LogP contribution in [0.4, 0.5) is 0 Å². The van der Waals surface area contributed by atoms with Crippen LogP contribution in [-0.4, -0.2) is 11.2 Å². The Morgan fingerprint density at radius 1 is 1.11 bits per heavy atom. The van der Waals surface area contributed by atoms with Crippen LogP contribution < -0.4 is 4.74 Å². The molecule has 19 heavy (non-hydrogen) atoms. The Hall–Kier alpha value is -1.54. The van der Waals surface area contributed by atoms with Gasteiger partial charge in [-0.2, -0.15) is 0 Å². The molecule has 3 rings (SSSR count). The molecule has 1 fully saturated rings. The van der Waals surface area contributed by atoms with Crippen molar-refractivity contribution in [2.75, 3.05) is 0 Å². The van der Waals surface area contributed by atoms with Crippen molar-refractivity contribution in [1.29, 1.82) is 0 Å². The largest absolute Gasteiger partial charge is 0.489 e. The van der Waals surface area contributed by atoms with Crippen LogP contribution in [0.5, 0.6) is 5.75 Å². The van der Waals surface area contributed by atoms with Gasteiger partial charge in [0.15, 0.2) is 0 Å². The van der Waals surface area contributed by atoms with E-state index in [4.69, 9.17) is 4.74 Å². The topological polar surface area (TPSA) is 29.5 Å². The summed E-state index contributed by atoms with van der Waals surface area (Å²) >= 11 is 0. The Morgan fingerprint density at radius 3 is 2.58 bits per heavy atom. The number of fused-ring (bicyclic) bond motifs is 1. The first-order valence-electron chi connectivity index (χ1n) is 7.12. The minimum Gasteiger partial charge on any atom is -0.489 e. The number of aliphatic hydroxyl groups is 1. The molecular formula is C17H20O2. The summed E-state index contributed by atoms with van der Waals surface area (Å²) in [5.41, 5.74) is 0.894. The van der Waals surface area contributed by atoms with Gasteiger partial charge >= 0.3 is 0 Å². The first-order chi connectivity index (χ1) is 9.25. The summed E-state index contributed by atoms with van der Waals surface area (Å²) in [6, 6.07) is 12.3. The maximum absolute atomic E-state index is 9.96. The molecule has 2 heteroatoms. The molecule has 2 aromatic rings. The summed E-state index contributed by atoms with van der Waals surface area (Å²) in [5, 5.41) is 12.2. The van der Waals surface area contributed by atoms with Crippen molar-refractivity contribution in [1.82, 2.24) is 0 Å². The average molecular weight is 256 g/mol. The van der Waals surface area contributed by atoms with Gasteiger partial charge in [0.05, 0.1) is 12.2 Å². The predicted octanol–water partition coefficient (Wildman–Crippen LogP) is 4.21. The molecule has 1 unspecified atom stereocenters. The Kier molecular flexibility index (Phi) is 3.43. The Morgan fingerprint density at radius 2 is 1.84 bits per heavy atom. The first-order valence-corrected chi connectivity index (χ1v) is 7.12. The van der Waals surface area contributed by atoms with Crippen LogP contribution in [0.15, 0.2) is 36.4 Å². The third-order valence-electron chi connectivity index (χ3n) is 3.95. The van der Waals surface area contributed by atoms with Crippen molar-refractivity contribution in [3.05, 3.63) is 42.0 Å². The van der Waals surface area contributed by atoms with Gasteiger partial charge in [-0.1, -0.05) is 36.4 Å². The monoisotopic (exact) mass is 256 g/mol. The molecule has 1 N–H and O–H groups in total. The van der Waals surface area contributed by atoms with Crippen LogP contribution in [0, 0.1) is 0 Å². The Balaban J connectivity index is 2.08. The lowest BCUT2D eigenvalue weighted by Crippen LogP contribution is -2.13.